The van der Waals surface area contributed by atoms with E-state index in [0.29, 0.717) is 0 Å². The first-order chi connectivity index (χ1) is 23.2. The summed E-state index contributed by atoms with van der Waals surface area (Å²) in [6.45, 7) is 0. The van der Waals surface area contributed by atoms with Crippen molar-refractivity contribution in [1.29, 1.82) is 0 Å². The van der Waals surface area contributed by atoms with Crippen LogP contribution >= 0.6 is 18.5 Å². The molecule has 47 heavy (non-hydrogen) atoms. The molecule has 0 atom stereocenters. The van der Waals surface area contributed by atoms with E-state index in [9.17, 15) is 0 Å². The molecule has 9 rings (SSSR count). The second-order valence-corrected chi connectivity index (χ2v) is 15.7. The zero-order valence-corrected chi connectivity index (χ0v) is 27.1. The van der Waals surface area contributed by atoms with Gasteiger partial charge in [0, 0.05) is 52.4 Å². The Labute approximate surface area is 277 Å². The van der Waals surface area contributed by atoms with E-state index in [0.717, 1.165) is 43.8 Å². The first-order valence-electron chi connectivity index (χ1n) is 15.7. The number of rotatable bonds is 5. The van der Waals surface area contributed by atoms with Gasteiger partial charge in [-0.25, -0.2) is 4.98 Å². The molecule has 0 radical (unpaired) electrons. The maximum absolute atomic E-state index is 15.0. The van der Waals surface area contributed by atoms with Crippen molar-refractivity contribution >= 4 is 76.2 Å². The second-order valence-electron chi connectivity index (χ2n) is 11.9. The van der Waals surface area contributed by atoms with Crippen LogP contribution in [-0.4, -0.2) is 4.98 Å². The quantitative estimate of drug-likeness (QED) is 0.139. The fraction of sp³-hybridized carbons (Fsp3) is 0. The molecule has 0 spiro atoms. The van der Waals surface area contributed by atoms with Gasteiger partial charge in [-0.15, -0.1) is 11.3 Å². The fourth-order valence-corrected chi connectivity index (χ4v) is 10.8. The van der Waals surface area contributed by atoms with Crippen molar-refractivity contribution in [3.63, 3.8) is 0 Å². The molecule has 0 aliphatic heterocycles. The van der Waals surface area contributed by atoms with Crippen molar-refractivity contribution in [2.24, 2.45) is 0 Å². The summed E-state index contributed by atoms with van der Waals surface area (Å²) in [6, 6.07) is 58.2. The van der Waals surface area contributed by atoms with Crippen LogP contribution < -0.4 is 15.9 Å². The van der Waals surface area contributed by atoms with Crippen LogP contribution in [0.3, 0.4) is 0 Å². The zero-order chi connectivity index (χ0) is 31.4. The molecule has 0 saturated carbocycles. The minimum Gasteiger partial charge on any atom is -0.309 e. The Morgan fingerprint density at radius 2 is 1.09 bits per heavy atom. The number of thiophene rings is 1. The number of hydrogen-bond donors (Lipinski definition) is 0. The minimum atomic E-state index is -3.08. The molecule has 0 unspecified atom stereocenters. The van der Waals surface area contributed by atoms with Crippen molar-refractivity contribution in [1.82, 2.24) is 4.98 Å². The molecule has 0 aliphatic carbocycles. The van der Waals surface area contributed by atoms with Gasteiger partial charge < -0.3 is 4.57 Å². The third-order valence-corrected chi connectivity index (χ3v) is 13.4. The number of pyridine rings is 1. The first-order valence-corrected chi connectivity index (χ1v) is 18.3. The maximum atomic E-state index is 15.0. The monoisotopic (exact) mass is 637 g/mol. The number of fused-ring (bicyclic) bond motifs is 7. The van der Waals surface area contributed by atoms with Gasteiger partial charge in [-0.2, -0.15) is 0 Å². The summed E-state index contributed by atoms with van der Waals surface area (Å²) in [7, 11) is -3.08. The van der Waals surface area contributed by atoms with Crippen LogP contribution in [0.15, 0.2) is 170 Å². The van der Waals surface area contributed by atoms with Crippen LogP contribution in [0.25, 0.3) is 64.2 Å². The van der Waals surface area contributed by atoms with E-state index in [1.54, 1.807) is 0 Å². The molecular weight excluding hydrogens is 610 g/mol. The lowest BCUT2D eigenvalue weighted by Gasteiger charge is -2.20. The van der Waals surface area contributed by atoms with E-state index in [2.05, 4.69) is 97.1 Å². The summed E-state index contributed by atoms with van der Waals surface area (Å²) >= 11 is 1.84. The molecule has 2 aromatic heterocycles. The zero-order valence-electron chi connectivity index (χ0n) is 25.4. The highest BCUT2D eigenvalue weighted by Crippen LogP contribution is 2.45. The summed E-state index contributed by atoms with van der Waals surface area (Å²) in [6.07, 6.45) is 0. The van der Waals surface area contributed by atoms with E-state index in [-0.39, 0.29) is 0 Å². The smallest absolute Gasteiger partial charge is 0.171 e. The van der Waals surface area contributed by atoms with Gasteiger partial charge >= 0.3 is 0 Å². The maximum Gasteiger partial charge on any atom is 0.171 e. The third kappa shape index (κ3) is 4.54. The van der Waals surface area contributed by atoms with Crippen molar-refractivity contribution in [2.45, 2.75) is 0 Å². The van der Waals surface area contributed by atoms with Gasteiger partial charge in [0.2, 0.25) is 0 Å². The first kappa shape index (κ1) is 27.9. The minimum absolute atomic E-state index is 0.825. The Morgan fingerprint density at radius 1 is 0.468 bits per heavy atom. The number of benzene rings is 7. The Hall–Kier alpha value is -5.34. The van der Waals surface area contributed by atoms with E-state index in [1.165, 1.54) is 36.3 Å². The molecule has 0 aliphatic rings. The summed E-state index contributed by atoms with van der Waals surface area (Å²) in [5.41, 5.74) is 5.21. The summed E-state index contributed by atoms with van der Waals surface area (Å²) in [4.78, 5) is 5.41. The lowest BCUT2D eigenvalue weighted by atomic mass is 9.98. The summed E-state index contributed by atoms with van der Waals surface area (Å²) in [5, 5.41) is 8.48. The number of nitrogens with zero attached hydrogens (tertiary/aromatic N) is 1. The summed E-state index contributed by atoms with van der Waals surface area (Å²) in [5.74, 6) is 0. The predicted molar refractivity (Wildman–Crippen MR) is 202 cm³/mol. The van der Waals surface area contributed by atoms with Gasteiger partial charge in [-0.1, -0.05) is 158 Å². The van der Waals surface area contributed by atoms with Crippen molar-refractivity contribution in [3.05, 3.63) is 170 Å². The molecular formula is C43H28NOPS. The van der Waals surface area contributed by atoms with Crippen LogP contribution in [-0.2, 0) is 4.57 Å². The Balaban J connectivity index is 1.20. The molecule has 0 fully saturated rings. The van der Waals surface area contributed by atoms with E-state index < -0.39 is 7.14 Å². The highest BCUT2D eigenvalue weighted by molar-refractivity contribution is 7.85. The molecule has 0 saturated heterocycles. The average Bonchev–Trinajstić information content (AvgIpc) is 3.55. The molecule has 4 heteroatoms. The SMILES string of the molecule is O=P(c1ccccc1)(c1ccccc1)c1cccc(-c2ccc(-c3nc4c5ccccc5ccc4c4sc5ccccc5c34)cc2)c1. The van der Waals surface area contributed by atoms with Crippen molar-refractivity contribution in [2.75, 3.05) is 0 Å². The topological polar surface area (TPSA) is 30.0 Å². The molecule has 0 N–H and O–H groups in total. The average molecular weight is 638 g/mol. The van der Waals surface area contributed by atoms with Gasteiger partial charge in [0.05, 0.1) is 11.2 Å². The predicted octanol–water partition coefficient (Wildman–Crippen LogP) is 10.7. The Morgan fingerprint density at radius 3 is 1.83 bits per heavy atom. The molecule has 0 amide bonds. The number of hydrogen-bond acceptors (Lipinski definition) is 3. The normalized spacial score (nSPS) is 11.9. The lowest BCUT2D eigenvalue weighted by Crippen LogP contribution is -2.25. The third-order valence-electron chi connectivity index (χ3n) is 9.14. The standard InChI is InChI=1S/C43H28NOPS/c45-46(33-14-3-1-4-15-33,34-16-5-2-6-17-34)35-18-11-13-32(28-35)29-22-24-31(25-23-29)41-40-37-20-9-10-21-39(37)47-43(40)38-27-26-30-12-7-8-19-36(30)42(38)44-41/h1-28H. The highest BCUT2D eigenvalue weighted by atomic mass is 32.1. The molecule has 0 bridgehead atoms. The van der Waals surface area contributed by atoms with Crippen molar-refractivity contribution in [3.8, 4) is 22.4 Å². The molecule has 7 aromatic carbocycles. The molecule has 2 nitrogen and oxygen atoms in total. The van der Waals surface area contributed by atoms with Gasteiger partial charge in [-0.3, -0.25) is 0 Å². The van der Waals surface area contributed by atoms with Crippen molar-refractivity contribution < 1.29 is 4.57 Å². The number of aromatic nitrogens is 1. The van der Waals surface area contributed by atoms with Crippen LogP contribution in [0, 0.1) is 0 Å². The Bertz CT molecular complexity index is 2600. The van der Waals surface area contributed by atoms with Crippen LogP contribution in [0.1, 0.15) is 0 Å². The molecule has 9 aromatic rings. The van der Waals surface area contributed by atoms with Gasteiger partial charge in [0.25, 0.3) is 0 Å². The fourth-order valence-electron chi connectivity index (χ4n) is 6.83. The largest absolute Gasteiger partial charge is 0.309 e. The van der Waals surface area contributed by atoms with Gasteiger partial charge in [-0.05, 0) is 28.6 Å². The van der Waals surface area contributed by atoms with Gasteiger partial charge in [0.15, 0.2) is 7.14 Å². The second kappa shape index (κ2) is 11.2. The summed E-state index contributed by atoms with van der Waals surface area (Å²) < 4.78 is 17.6. The van der Waals surface area contributed by atoms with Crippen LogP contribution in [0.5, 0.6) is 0 Å². The highest BCUT2D eigenvalue weighted by Gasteiger charge is 2.29. The van der Waals surface area contributed by atoms with Crippen LogP contribution in [0.2, 0.25) is 0 Å². The molecule has 222 valence electrons. The lowest BCUT2D eigenvalue weighted by molar-refractivity contribution is 0.592. The Kier molecular flexibility index (Phi) is 6.64. The van der Waals surface area contributed by atoms with Gasteiger partial charge in [0.1, 0.15) is 0 Å². The van der Waals surface area contributed by atoms with E-state index in [1.807, 2.05) is 84.1 Å². The van der Waals surface area contributed by atoms with E-state index in [4.69, 9.17) is 4.98 Å². The van der Waals surface area contributed by atoms with Crippen LogP contribution in [0.4, 0.5) is 0 Å². The molecule has 2 heterocycles. The van der Waals surface area contributed by atoms with E-state index >= 15 is 4.57 Å².